The number of nitrogens with zero attached hydrogens (tertiary/aromatic N) is 1. The Bertz CT molecular complexity index is 1100. The fourth-order valence-corrected chi connectivity index (χ4v) is 3.62. The summed E-state index contributed by atoms with van der Waals surface area (Å²) in [6, 6.07) is 12.6. The number of carbonyl (C=O) groups is 1. The number of hydrogen-bond donors (Lipinski definition) is 2. The molecular formula is C19H19N3O5S. The molecule has 0 saturated heterocycles. The van der Waals surface area contributed by atoms with E-state index in [0.29, 0.717) is 28.1 Å². The van der Waals surface area contributed by atoms with Crippen molar-refractivity contribution in [3.63, 3.8) is 0 Å². The van der Waals surface area contributed by atoms with Crippen molar-refractivity contribution >= 4 is 32.5 Å². The van der Waals surface area contributed by atoms with E-state index in [0.717, 1.165) is 0 Å². The Labute approximate surface area is 162 Å². The molecule has 0 spiro atoms. The molecule has 0 unspecified atom stereocenters. The number of amides is 1. The normalized spacial score (nSPS) is 11.1. The molecule has 2 N–H and O–H groups in total. The number of aromatic nitrogens is 1. The molecule has 3 aromatic rings. The van der Waals surface area contributed by atoms with E-state index in [1.807, 2.05) is 0 Å². The Kier molecular flexibility index (Phi) is 5.65. The van der Waals surface area contributed by atoms with Gasteiger partial charge < -0.3 is 14.8 Å². The first-order valence-electron chi connectivity index (χ1n) is 8.32. The predicted octanol–water partition coefficient (Wildman–Crippen LogP) is 2.17. The SMILES string of the molecule is CNC(=O)COc1ccc(S(=O)(=O)Nc2ccc(OC)c3ncccc23)cc1. The highest BCUT2D eigenvalue weighted by Gasteiger charge is 2.17. The zero-order chi connectivity index (χ0) is 20.1. The van der Waals surface area contributed by atoms with Crippen molar-refractivity contribution < 1.29 is 22.7 Å². The van der Waals surface area contributed by atoms with E-state index in [-0.39, 0.29) is 17.4 Å². The molecule has 9 heteroatoms. The van der Waals surface area contributed by atoms with Gasteiger partial charge in [0.15, 0.2) is 6.61 Å². The van der Waals surface area contributed by atoms with Gasteiger partial charge in [-0.05, 0) is 48.5 Å². The lowest BCUT2D eigenvalue weighted by atomic mass is 10.2. The summed E-state index contributed by atoms with van der Waals surface area (Å²) < 4.78 is 38.6. The molecule has 2 aromatic carbocycles. The summed E-state index contributed by atoms with van der Waals surface area (Å²) in [5.41, 5.74) is 0.951. The van der Waals surface area contributed by atoms with Crippen LogP contribution in [-0.2, 0) is 14.8 Å². The number of hydrogen-bond acceptors (Lipinski definition) is 6. The molecule has 0 atom stereocenters. The van der Waals surface area contributed by atoms with Crippen LogP contribution in [0.25, 0.3) is 10.9 Å². The van der Waals surface area contributed by atoms with Crippen molar-refractivity contribution in [1.82, 2.24) is 10.3 Å². The highest BCUT2D eigenvalue weighted by Crippen LogP contribution is 2.31. The average Bonchev–Trinajstić information content (AvgIpc) is 2.72. The lowest BCUT2D eigenvalue weighted by Crippen LogP contribution is -2.24. The second-order valence-corrected chi connectivity index (χ2v) is 7.44. The Balaban J connectivity index is 1.84. The van der Waals surface area contributed by atoms with Crippen LogP contribution in [0.1, 0.15) is 0 Å². The molecule has 146 valence electrons. The van der Waals surface area contributed by atoms with Gasteiger partial charge in [0.25, 0.3) is 15.9 Å². The van der Waals surface area contributed by atoms with Crippen LogP contribution in [0.15, 0.2) is 59.6 Å². The molecule has 1 aromatic heterocycles. The van der Waals surface area contributed by atoms with E-state index in [4.69, 9.17) is 9.47 Å². The number of likely N-dealkylation sites (N-methyl/N-ethyl adjacent to an activating group) is 1. The van der Waals surface area contributed by atoms with E-state index in [9.17, 15) is 13.2 Å². The molecule has 28 heavy (non-hydrogen) atoms. The van der Waals surface area contributed by atoms with E-state index in [1.165, 1.54) is 38.4 Å². The van der Waals surface area contributed by atoms with Crippen LogP contribution in [0, 0.1) is 0 Å². The van der Waals surface area contributed by atoms with E-state index < -0.39 is 10.0 Å². The molecule has 1 amide bonds. The van der Waals surface area contributed by atoms with Gasteiger partial charge in [0.2, 0.25) is 0 Å². The third-order valence-corrected chi connectivity index (χ3v) is 5.36. The molecule has 0 aliphatic rings. The van der Waals surface area contributed by atoms with E-state index in [1.54, 1.807) is 30.5 Å². The van der Waals surface area contributed by atoms with Crippen LogP contribution < -0.4 is 19.5 Å². The molecule has 1 heterocycles. The number of anilines is 1. The van der Waals surface area contributed by atoms with Crippen molar-refractivity contribution in [3.05, 3.63) is 54.7 Å². The topological polar surface area (TPSA) is 107 Å². The summed E-state index contributed by atoms with van der Waals surface area (Å²) in [7, 11) is -0.796. The van der Waals surface area contributed by atoms with Crippen LogP contribution >= 0.6 is 0 Å². The van der Waals surface area contributed by atoms with Gasteiger partial charge in [-0.25, -0.2) is 8.42 Å². The minimum Gasteiger partial charge on any atom is -0.494 e. The highest BCUT2D eigenvalue weighted by atomic mass is 32.2. The summed E-state index contributed by atoms with van der Waals surface area (Å²) in [4.78, 5) is 15.5. The van der Waals surface area contributed by atoms with Crippen molar-refractivity contribution in [3.8, 4) is 11.5 Å². The minimum atomic E-state index is -3.83. The highest BCUT2D eigenvalue weighted by molar-refractivity contribution is 7.92. The number of pyridine rings is 1. The quantitative estimate of drug-likeness (QED) is 0.628. The van der Waals surface area contributed by atoms with Gasteiger partial charge in [0, 0.05) is 18.6 Å². The number of benzene rings is 2. The minimum absolute atomic E-state index is 0.0626. The second-order valence-electron chi connectivity index (χ2n) is 5.75. The van der Waals surface area contributed by atoms with Gasteiger partial charge in [-0.3, -0.25) is 14.5 Å². The Morgan fingerprint density at radius 1 is 1.11 bits per heavy atom. The van der Waals surface area contributed by atoms with E-state index in [2.05, 4.69) is 15.0 Å². The molecule has 0 fully saturated rings. The zero-order valence-corrected chi connectivity index (χ0v) is 16.1. The molecule has 0 saturated carbocycles. The fraction of sp³-hybridized carbons (Fsp3) is 0.158. The van der Waals surface area contributed by atoms with Gasteiger partial charge in [-0.15, -0.1) is 0 Å². The van der Waals surface area contributed by atoms with Gasteiger partial charge in [-0.1, -0.05) is 0 Å². The molecule has 0 aliphatic heterocycles. The molecule has 0 radical (unpaired) electrons. The van der Waals surface area contributed by atoms with Gasteiger partial charge >= 0.3 is 0 Å². The van der Waals surface area contributed by atoms with Crippen molar-refractivity contribution in [2.45, 2.75) is 4.90 Å². The third-order valence-electron chi connectivity index (χ3n) is 3.98. The monoisotopic (exact) mass is 401 g/mol. The largest absolute Gasteiger partial charge is 0.494 e. The number of rotatable bonds is 7. The third kappa shape index (κ3) is 4.15. The van der Waals surface area contributed by atoms with Crippen LogP contribution in [-0.4, -0.2) is 40.1 Å². The lowest BCUT2D eigenvalue weighted by molar-refractivity contribution is -0.122. The maximum Gasteiger partial charge on any atom is 0.261 e. The number of carbonyl (C=O) groups excluding carboxylic acids is 1. The fourth-order valence-electron chi connectivity index (χ4n) is 2.54. The smallest absolute Gasteiger partial charge is 0.261 e. The summed E-state index contributed by atoms with van der Waals surface area (Å²) >= 11 is 0. The first kappa shape index (κ1) is 19.4. The Hall–Kier alpha value is -3.33. The Morgan fingerprint density at radius 3 is 2.54 bits per heavy atom. The molecular weight excluding hydrogens is 382 g/mol. The van der Waals surface area contributed by atoms with Crippen LogP contribution in [0.3, 0.4) is 0 Å². The number of fused-ring (bicyclic) bond motifs is 1. The van der Waals surface area contributed by atoms with Gasteiger partial charge in [-0.2, -0.15) is 0 Å². The van der Waals surface area contributed by atoms with E-state index >= 15 is 0 Å². The zero-order valence-electron chi connectivity index (χ0n) is 15.3. The van der Waals surface area contributed by atoms with Crippen molar-refractivity contribution in [1.29, 1.82) is 0 Å². The number of methoxy groups -OCH3 is 1. The lowest BCUT2D eigenvalue weighted by Gasteiger charge is -2.13. The maximum atomic E-state index is 12.8. The summed E-state index contributed by atoms with van der Waals surface area (Å²) in [6.07, 6.45) is 1.61. The summed E-state index contributed by atoms with van der Waals surface area (Å²) in [5.74, 6) is 0.663. The number of nitrogens with one attached hydrogen (secondary N) is 2. The molecule has 8 nitrogen and oxygen atoms in total. The predicted molar refractivity (Wildman–Crippen MR) is 105 cm³/mol. The van der Waals surface area contributed by atoms with Gasteiger partial charge in [0.05, 0.1) is 17.7 Å². The first-order chi connectivity index (χ1) is 13.4. The summed E-state index contributed by atoms with van der Waals surface area (Å²) in [6.45, 7) is -0.147. The number of sulfonamides is 1. The first-order valence-corrected chi connectivity index (χ1v) is 9.81. The average molecular weight is 401 g/mol. The molecule has 0 bridgehead atoms. The Morgan fingerprint density at radius 2 is 1.86 bits per heavy atom. The second kappa shape index (κ2) is 8.13. The summed E-state index contributed by atoms with van der Waals surface area (Å²) in [5, 5.41) is 3.06. The van der Waals surface area contributed by atoms with Crippen LogP contribution in [0.4, 0.5) is 5.69 Å². The van der Waals surface area contributed by atoms with Crippen LogP contribution in [0.5, 0.6) is 11.5 Å². The molecule has 0 aliphatic carbocycles. The van der Waals surface area contributed by atoms with Crippen molar-refractivity contribution in [2.75, 3.05) is 25.5 Å². The number of ether oxygens (including phenoxy) is 2. The van der Waals surface area contributed by atoms with Crippen molar-refractivity contribution in [2.24, 2.45) is 0 Å². The van der Waals surface area contributed by atoms with Crippen LogP contribution in [0.2, 0.25) is 0 Å². The standard InChI is InChI=1S/C19H19N3O5S/c1-20-18(23)12-27-13-5-7-14(8-6-13)28(24,25)22-16-9-10-17(26-2)19-15(16)4-3-11-21-19/h3-11,22H,12H2,1-2H3,(H,20,23). The van der Waals surface area contributed by atoms with Gasteiger partial charge in [0.1, 0.15) is 17.0 Å². The maximum absolute atomic E-state index is 12.8. The molecule has 3 rings (SSSR count).